The molecule has 0 N–H and O–H groups in total. The maximum Gasteiger partial charge on any atom is 0.136 e. The lowest BCUT2D eigenvalue weighted by atomic mass is 9.45. The normalized spacial score (nSPS) is 56.5. The summed E-state index contributed by atoms with van der Waals surface area (Å²) in [6.07, 6.45) is 12.4. The summed E-state index contributed by atoms with van der Waals surface area (Å²) in [5, 5.41) is 0. The molecule has 21 heavy (non-hydrogen) atoms. The molecule has 118 valence electrons. The summed E-state index contributed by atoms with van der Waals surface area (Å²) in [5.41, 5.74) is 0.938. The molecule has 0 saturated heterocycles. The second kappa shape index (κ2) is 4.59. The Bertz CT molecular complexity index is 455. The topological polar surface area (TPSA) is 17.1 Å². The zero-order valence-electron chi connectivity index (χ0n) is 14.2. The lowest BCUT2D eigenvalue weighted by Gasteiger charge is -2.60. The van der Waals surface area contributed by atoms with Crippen LogP contribution >= 0.6 is 0 Å². The molecule has 0 unspecified atom stereocenters. The van der Waals surface area contributed by atoms with E-state index < -0.39 is 0 Å². The molecule has 0 aromatic carbocycles. The van der Waals surface area contributed by atoms with Crippen LogP contribution in [-0.2, 0) is 4.79 Å². The van der Waals surface area contributed by atoms with Crippen molar-refractivity contribution in [2.24, 2.45) is 40.4 Å². The predicted molar refractivity (Wildman–Crippen MR) is 85.9 cm³/mol. The number of rotatable bonds is 0. The van der Waals surface area contributed by atoms with Crippen molar-refractivity contribution in [1.82, 2.24) is 0 Å². The van der Waals surface area contributed by atoms with Crippen molar-refractivity contribution in [2.45, 2.75) is 78.6 Å². The van der Waals surface area contributed by atoms with Crippen molar-refractivity contribution in [3.05, 3.63) is 0 Å². The first-order valence-electron chi connectivity index (χ1n) is 9.49. The number of ketones is 1. The molecule has 7 atom stereocenters. The Hall–Kier alpha value is -0.330. The summed E-state index contributed by atoms with van der Waals surface area (Å²) in [5.74, 6) is 4.37. The highest BCUT2D eigenvalue weighted by Crippen LogP contribution is 2.66. The van der Waals surface area contributed by atoms with E-state index in [1.807, 2.05) is 0 Å². The molecule has 4 saturated carbocycles. The van der Waals surface area contributed by atoms with Crippen LogP contribution in [0.15, 0.2) is 0 Å². The third-order valence-corrected chi connectivity index (χ3v) is 8.91. The highest BCUT2D eigenvalue weighted by Gasteiger charge is 2.60. The Morgan fingerprint density at radius 3 is 2.52 bits per heavy atom. The molecule has 0 radical (unpaired) electrons. The van der Waals surface area contributed by atoms with Gasteiger partial charge in [-0.25, -0.2) is 0 Å². The van der Waals surface area contributed by atoms with Gasteiger partial charge in [0.15, 0.2) is 0 Å². The zero-order valence-corrected chi connectivity index (χ0v) is 14.2. The van der Waals surface area contributed by atoms with Gasteiger partial charge in [-0.15, -0.1) is 0 Å². The lowest BCUT2D eigenvalue weighted by molar-refractivity contribution is -0.122. The molecule has 4 fully saturated rings. The van der Waals surface area contributed by atoms with Gasteiger partial charge in [-0.1, -0.05) is 33.6 Å². The van der Waals surface area contributed by atoms with Crippen LogP contribution in [-0.4, -0.2) is 5.78 Å². The van der Waals surface area contributed by atoms with Crippen LogP contribution in [0.2, 0.25) is 0 Å². The van der Waals surface area contributed by atoms with E-state index in [4.69, 9.17) is 0 Å². The molecule has 0 aromatic rings. The van der Waals surface area contributed by atoms with E-state index in [-0.39, 0.29) is 0 Å². The van der Waals surface area contributed by atoms with Gasteiger partial charge in [-0.2, -0.15) is 0 Å². The summed E-state index contributed by atoms with van der Waals surface area (Å²) in [7, 11) is 0. The van der Waals surface area contributed by atoms with Gasteiger partial charge in [0.2, 0.25) is 0 Å². The van der Waals surface area contributed by atoms with Gasteiger partial charge in [-0.05, 0) is 73.0 Å². The molecule has 4 rings (SSSR count). The Balaban J connectivity index is 1.67. The van der Waals surface area contributed by atoms with Crippen molar-refractivity contribution in [3.63, 3.8) is 0 Å². The van der Waals surface area contributed by atoms with E-state index in [9.17, 15) is 4.79 Å². The van der Waals surface area contributed by atoms with Gasteiger partial charge in [0.25, 0.3) is 0 Å². The van der Waals surface area contributed by atoms with Crippen LogP contribution in [0.5, 0.6) is 0 Å². The molecule has 4 aliphatic carbocycles. The van der Waals surface area contributed by atoms with Crippen LogP contribution < -0.4 is 0 Å². The molecule has 0 spiro atoms. The minimum atomic E-state index is 0.320. The van der Waals surface area contributed by atoms with Crippen LogP contribution in [0, 0.1) is 40.4 Å². The SMILES string of the molecule is C[C@H]1C(=O)C[C@H]2[C@@H]3CC[C@H]4CCCC[C@]4(C)[C@H]3CC[C@]12C. The van der Waals surface area contributed by atoms with Crippen LogP contribution in [0.3, 0.4) is 0 Å². The second-order valence-electron chi connectivity index (χ2n) is 9.34. The quantitative estimate of drug-likeness (QED) is 0.596. The molecule has 4 aliphatic rings. The minimum Gasteiger partial charge on any atom is -0.299 e. The maximum absolute atomic E-state index is 12.4. The summed E-state index contributed by atoms with van der Waals surface area (Å²) < 4.78 is 0. The summed E-state index contributed by atoms with van der Waals surface area (Å²) in [6, 6.07) is 0. The first kappa shape index (κ1) is 14.3. The highest BCUT2D eigenvalue weighted by molar-refractivity contribution is 5.84. The Morgan fingerprint density at radius 1 is 0.905 bits per heavy atom. The number of Topliss-reactive ketones (excluding diaryl/α,β-unsaturated/α-hetero) is 1. The second-order valence-corrected chi connectivity index (χ2v) is 9.34. The van der Waals surface area contributed by atoms with Gasteiger partial charge in [0.1, 0.15) is 5.78 Å². The fourth-order valence-corrected chi connectivity index (χ4v) is 7.33. The largest absolute Gasteiger partial charge is 0.299 e. The van der Waals surface area contributed by atoms with Gasteiger partial charge >= 0.3 is 0 Å². The third kappa shape index (κ3) is 1.78. The van der Waals surface area contributed by atoms with Gasteiger partial charge < -0.3 is 0 Å². The van der Waals surface area contributed by atoms with E-state index in [1.54, 1.807) is 0 Å². The number of fused-ring (bicyclic) bond motifs is 5. The fourth-order valence-electron chi connectivity index (χ4n) is 7.33. The van der Waals surface area contributed by atoms with E-state index >= 15 is 0 Å². The van der Waals surface area contributed by atoms with Gasteiger partial charge in [0.05, 0.1) is 0 Å². The molecule has 0 aromatic heterocycles. The zero-order chi connectivity index (χ0) is 14.8. The van der Waals surface area contributed by atoms with E-state index in [0.717, 1.165) is 24.2 Å². The van der Waals surface area contributed by atoms with Crippen LogP contribution in [0.25, 0.3) is 0 Å². The predicted octanol–water partition coefficient (Wildman–Crippen LogP) is 5.23. The molecule has 1 nitrogen and oxygen atoms in total. The van der Waals surface area contributed by atoms with E-state index in [2.05, 4.69) is 20.8 Å². The van der Waals surface area contributed by atoms with Crippen molar-refractivity contribution >= 4 is 5.78 Å². The first-order valence-corrected chi connectivity index (χ1v) is 9.49. The maximum atomic E-state index is 12.4. The molecular formula is C20H32O. The van der Waals surface area contributed by atoms with Gasteiger partial charge in [0, 0.05) is 12.3 Å². The number of carbonyl (C=O) groups is 1. The summed E-state index contributed by atoms with van der Waals surface area (Å²) >= 11 is 0. The van der Waals surface area contributed by atoms with Crippen LogP contribution in [0.4, 0.5) is 0 Å². The van der Waals surface area contributed by atoms with Crippen LogP contribution in [0.1, 0.15) is 78.6 Å². The monoisotopic (exact) mass is 288 g/mol. The standard InChI is InChI=1S/C20H32O/c1-13-18(21)12-17-15-8-7-14-6-4-5-10-20(14,3)16(15)9-11-19(13,17)2/h13-17H,4-12H2,1-3H3/t13-,14+,15+,16-,17-,19+,20-/m0/s1. The van der Waals surface area contributed by atoms with Crippen molar-refractivity contribution in [1.29, 1.82) is 0 Å². The Morgan fingerprint density at radius 2 is 1.71 bits per heavy atom. The average molecular weight is 288 g/mol. The van der Waals surface area contributed by atoms with Crippen molar-refractivity contribution in [2.75, 3.05) is 0 Å². The minimum absolute atomic E-state index is 0.320. The molecule has 0 bridgehead atoms. The van der Waals surface area contributed by atoms with Crippen molar-refractivity contribution in [3.8, 4) is 0 Å². The summed E-state index contributed by atoms with van der Waals surface area (Å²) in [6.45, 7) is 7.28. The van der Waals surface area contributed by atoms with Crippen molar-refractivity contribution < 1.29 is 4.79 Å². The number of carbonyl (C=O) groups excluding carboxylic acids is 1. The molecule has 0 aliphatic heterocycles. The molecule has 1 heteroatoms. The fraction of sp³-hybridized carbons (Fsp3) is 0.950. The van der Waals surface area contributed by atoms with E-state index in [0.29, 0.717) is 28.4 Å². The average Bonchev–Trinajstić information content (AvgIpc) is 2.70. The smallest absolute Gasteiger partial charge is 0.136 e. The first-order chi connectivity index (χ1) is 9.97. The van der Waals surface area contributed by atoms with E-state index in [1.165, 1.54) is 51.4 Å². The van der Waals surface area contributed by atoms with Gasteiger partial charge in [-0.3, -0.25) is 4.79 Å². The third-order valence-electron chi connectivity index (χ3n) is 8.91. The Labute approximate surface area is 130 Å². The molecule has 0 heterocycles. The Kier molecular flexibility index (Phi) is 3.12. The number of hydrogen-bond donors (Lipinski definition) is 0. The molecular weight excluding hydrogens is 256 g/mol. The summed E-state index contributed by atoms with van der Waals surface area (Å²) in [4.78, 5) is 12.4. The number of hydrogen-bond acceptors (Lipinski definition) is 1. The lowest BCUT2D eigenvalue weighted by Crippen LogP contribution is -2.52. The molecule has 0 amide bonds. The highest BCUT2D eigenvalue weighted by atomic mass is 16.1.